The molecule has 0 bridgehead atoms. The van der Waals surface area contributed by atoms with Gasteiger partial charge in [-0.3, -0.25) is 0 Å². The van der Waals surface area contributed by atoms with Crippen LogP contribution in [0.5, 0.6) is 0 Å². The van der Waals surface area contributed by atoms with Gasteiger partial charge in [-0.25, -0.2) is 0 Å². The lowest BCUT2D eigenvalue weighted by Gasteiger charge is -2.29. The summed E-state index contributed by atoms with van der Waals surface area (Å²) in [5.41, 5.74) is 1.48. The van der Waals surface area contributed by atoms with E-state index in [1.807, 2.05) is 0 Å². The molecule has 23 heavy (non-hydrogen) atoms. The first-order chi connectivity index (χ1) is 11.1. The summed E-state index contributed by atoms with van der Waals surface area (Å²) in [6.07, 6.45) is 5.76. The van der Waals surface area contributed by atoms with Crippen LogP contribution in [0.15, 0.2) is 77.5 Å². The molecule has 0 saturated heterocycles. The second kappa shape index (κ2) is 5.21. The number of allylic oxidation sites excluding steroid dienone is 4. The third-order valence-corrected chi connectivity index (χ3v) is 9.21. The standard InChI is InChI=1S/C22H22Si/c1-16-9-8-14-21(16)23(2,3)22-19-12-6-4-10-17(19)15-18-11-5-7-13-20(18)22/h4-13,15H,14H2,1-3H3. The van der Waals surface area contributed by atoms with Crippen molar-refractivity contribution in [3.63, 3.8) is 0 Å². The summed E-state index contributed by atoms with van der Waals surface area (Å²) in [5.74, 6) is 0. The van der Waals surface area contributed by atoms with Crippen molar-refractivity contribution in [2.24, 2.45) is 0 Å². The second-order valence-electron chi connectivity index (χ2n) is 7.09. The molecule has 1 aliphatic rings. The average molecular weight is 315 g/mol. The van der Waals surface area contributed by atoms with E-state index in [-0.39, 0.29) is 0 Å². The van der Waals surface area contributed by atoms with Crippen LogP contribution in [-0.4, -0.2) is 8.07 Å². The predicted molar refractivity (Wildman–Crippen MR) is 105 cm³/mol. The first kappa shape index (κ1) is 14.5. The third kappa shape index (κ3) is 2.19. The Hall–Kier alpha value is -2.12. The fourth-order valence-corrected chi connectivity index (χ4v) is 8.00. The minimum atomic E-state index is -1.72. The van der Waals surface area contributed by atoms with E-state index in [2.05, 4.69) is 86.8 Å². The zero-order valence-corrected chi connectivity index (χ0v) is 15.1. The van der Waals surface area contributed by atoms with Crippen LogP contribution in [0, 0.1) is 0 Å². The van der Waals surface area contributed by atoms with Gasteiger partial charge < -0.3 is 0 Å². The van der Waals surface area contributed by atoms with Gasteiger partial charge in [0.2, 0.25) is 0 Å². The van der Waals surface area contributed by atoms with Gasteiger partial charge >= 0.3 is 0 Å². The van der Waals surface area contributed by atoms with Crippen molar-refractivity contribution in [3.05, 3.63) is 77.5 Å². The molecule has 0 aromatic heterocycles. The van der Waals surface area contributed by atoms with Crippen LogP contribution in [0.1, 0.15) is 13.3 Å². The highest BCUT2D eigenvalue weighted by Gasteiger charge is 2.33. The predicted octanol–water partition coefficient (Wildman–Crippen LogP) is 5.72. The smallest absolute Gasteiger partial charge is 0.0806 e. The maximum absolute atomic E-state index is 2.52. The molecule has 0 N–H and O–H groups in total. The van der Waals surface area contributed by atoms with Crippen LogP contribution in [0.3, 0.4) is 0 Å². The Bertz CT molecular complexity index is 920. The van der Waals surface area contributed by atoms with Crippen LogP contribution in [0.2, 0.25) is 13.1 Å². The Morgan fingerprint density at radius 2 is 1.39 bits per heavy atom. The Labute approximate surface area is 139 Å². The first-order valence-corrected chi connectivity index (χ1v) is 11.4. The van der Waals surface area contributed by atoms with Crippen molar-refractivity contribution >= 4 is 34.8 Å². The van der Waals surface area contributed by atoms with Crippen molar-refractivity contribution in [2.45, 2.75) is 26.4 Å². The SMILES string of the molecule is CC1=C([Si](C)(C)c2c3ccccc3cc3ccccc23)CC=C1. The van der Waals surface area contributed by atoms with Gasteiger partial charge in [0, 0.05) is 0 Å². The number of hydrogen-bond acceptors (Lipinski definition) is 0. The summed E-state index contributed by atoms with van der Waals surface area (Å²) in [6.45, 7) is 7.32. The molecule has 0 aliphatic heterocycles. The molecule has 0 nitrogen and oxygen atoms in total. The molecule has 0 spiro atoms. The highest BCUT2D eigenvalue weighted by molar-refractivity contribution is 6.98. The van der Waals surface area contributed by atoms with E-state index < -0.39 is 8.07 Å². The molecule has 4 rings (SSSR count). The summed E-state index contributed by atoms with van der Waals surface area (Å²) < 4.78 is 0. The van der Waals surface area contributed by atoms with Crippen LogP contribution in [0.25, 0.3) is 21.5 Å². The zero-order chi connectivity index (χ0) is 16.0. The Kier molecular flexibility index (Phi) is 3.28. The summed E-state index contributed by atoms with van der Waals surface area (Å²) in [5, 5.41) is 8.89. The molecule has 0 atom stereocenters. The molecule has 114 valence electrons. The highest BCUT2D eigenvalue weighted by Crippen LogP contribution is 2.32. The molecule has 0 saturated carbocycles. The number of hydrogen-bond donors (Lipinski definition) is 0. The molecule has 0 heterocycles. The third-order valence-electron chi connectivity index (χ3n) is 5.32. The van der Waals surface area contributed by atoms with Crippen molar-refractivity contribution in [1.82, 2.24) is 0 Å². The van der Waals surface area contributed by atoms with Crippen LogP contribution in [-0.2, 0) is 0 Å². The summed E-state index contributed by atoms with van der Waals surface area (Å²) >= 11 is 0. The Morgan fingerprint density at radius 1 is 0.826 bits per heavy atom. The quantitative estimate of drug-likeness (QED) is 0.419. The summed E-state index contributed by atoms with van der Waals surface area (Å²) in [4.78, 5) is 0. The lowest BCUT2D eigenvalue weighted by Crippen LogP contribution is -2.45. The van der Waals surface area contributed by atoms with Gasteiger partial charge in [-0.2, -0.15) is 0 Å². The minimum absolute atomic E-state index is 1.13. The molecule has 1 heteroatoms. The molecule has 0 fully saturated rings. The van der Waals surface area contributed by atoms with E-state index in [4.69, 9.17) is 0 Å². The largest absolute Gasteiger partial charge is 0.109 e. The lowest BCUT2D eigenvalue weighted by molar-refractivity contribution is 1.33. The number of benzene rings is 3. The van der Waals surface area contributed by atoms with Crippen molar-refractivity contribution in [1.29, 1.82) is 0 Å². The molecule has 0 amide bonds. The van der Waals surface area contributed by atoms with Crippen molar-refractivity contribution < 1.29 is 0 Å². The Morgan fingerprint density at radius 3 is 1.91 bits per heavy atom. The maximum atomic E-state index is 2.52. The minimum Gasteiger partial charge on any atom is -0.0806 e. The fourth-order valence-electron chi connectivity index (χ4n) is 4.20. The van der Waals surface area contributed by atoms with E-state index in [9.17, 15) is 0 Å². The molecular formula is C22H22Si. The van der Waals surface area contributed by atoms with Crippen molar-refractivity contribution in [2.75, 3.05) is 0 Å². The van der Waals surface area contributed by atoms with E-state index in [1.54, 1.807) is 10.4 Å². The zero-order valence-electron chi connectivity index (χ0n) is 14.1. The first-order valence-electron chi connectivity index (χ1n) is 8.37. The van der Waals surface area contributed by atoms with Crippen LogP contribution in [0.4, 0.5) is 0 Å². The van der Waals surface area contributed by atoms with E-state index in [0.29, 0.717) is 0 Å². The Balaban J connectivity index is 2.13. The van der Waals surface area contributed by atoms with Gasteiger partial charge in [0.25, 0.3) is 0 Å². The van der Waals surface area contributed by atoms with Gasteiger partial charge in [-0.05, 0) is 46.1 Å². The molecule has 3 aromatic carbocycles. The van der Waals surface area contributed by atoms with E-state index in [1.165, 1.54) is 27.1 Å². The van der Waals surface area contributed by atoms with Gasteiger partial charge in [0.1, 0.15) is 8.07 Å². The fraction of sp³-hybridized carbons (Fsp3) is 0.182. The number of rotatable bonds is 2. The van der Waals surface area contributed by atoms with Gasteiger partial charge in [-0.15, -0.1) is 0 Å². The lowest BCUT2D eigenvalue weighted by atomic mass is 10.0. The van der Waals surface area contributed by atoms with Gasteiger partial charge in [-0.1, -0.05) is 84.5 Å². The topological polar surface area (TPSA) is 0 Å². The van der Waals surface area contributed by atoms with E-state index >= 15 is 0 Å². The van der Waals surface area contributed by atoms with E-state index in [0.717, 1.165) is 6.42 Å². The average Bonchev–Trinajstić information content (AvgIpc) is 2.99. The maximum Gasteiger partial charge on any atom is 0.109 e. The number of fused-ring (bicyclic) bond motifs is 2. The molecule has 0 radical (unpaired) electrons. The molecule has 1 aliphatic carbocycles. The van der Waals surface area contributed by atoms with Crippen LogP contribution < -0.4 is 5.19 Å². The monoisotopic (exact) mass is 314 g/mol. The molecule has 0 unspecified atom stereocenters. The van der Waals surface area contributed by atoms with Gasteiger partial charge in [0.05, 0.1) is 0 Å². The van der Waals surface area contributed by atoms with Crippen molar-refractivity contribution in [3.8, 4) is 0 Å². The second-order valence-corrected chi connectivity index (χ2v) is 11.4. The molecular weight excluding hydrogens is 292 g/mol. The normalized spacial score (nSPS) is 15.1. The summed E-state index contributed by atoms with van der Waals surface area (Å²) in [7, 11) is -1.72. The molecule has 3 aromatic rings. The van der Waals surface area contributed by atoms with Gasteiger partial charge in [0.15, 0.2) is 0 Å². The van der Waals surface area contributed by atoms with Crippen LogP contribution >= 0.6 is 0 Å². The summed E-state index contributed by atoms with van der Waals surface area (Å²) in [6, 6.07) is 20.1. The highest BCUT2D eigenvalue weighted by atomic mass is 28.3.